The van der Waals surface area contributed by atoms with E-state index in [-0.39, 0.29) is 10.1 Å². The smallest absolute Gasteiger partial charge is 0.471 e. The van der Waals surface area contributed by atoms with E-state index in [4.69, 9.17) is 18.3 Å². The quantitative estimate of drug-likeness (QED) is 0.552. The molecule has 2 rings (SSSR count). The van der Waals surface area contributed by atoms with Crippen molar-refractivity contribution in [3.8, 4) is 23.0 Å². The van der Waals surface area contributed by atoms with Gasteiger partial charge in [0.2, 0.25) is 0 Å². The SMILES string of the molecule is COc1ccc(O[Si](Oc2ccc(OC)cc2)(C(C)(C)C)C(C)(C)C)cc1. The summed E-state index contributed by atoms with van der Waals surface area (Å²) in [6.07, 6.45) is 0. The Morgan fingerprint density at radius 3 is 1.00 bits per heavy atom. The monoisotopic (exact) mass is 388 g/mol. The van der Waals surface area contributed by atoms with Crippen LogP contribution in [0.4, 0.5) is 0 Å². The first-order valence-electron chi connectivity index (χ1n) is 9.18. The number of methoxy groups -OCH3 is 2. The van der Waals surface area contributed by atoms with E-state index >= 15 is 0 Å². The molecule has 0 unspecified atom stereocenters. The van der Waals surface area contributed by atoms with Crippen LogP contribution in [0.25, 0.3) is 0 Å². The first-order chi connectivity index (χ1) is 12.5. The maximum atomic E-state index is 6.72. The second-order valence-electron chi connectivity index (χ2n) is 8.67. The van der Waals surface area contributed by atoms with Crippen molar-refractivity contribution in [3.05, 3.63) is 48.5 Å². The molecule has 0 amide bonds. The molecular formula is C22H32O4Si. The summed E-state index contributed by atoms with van der Waals surface area (Å²) in [4.78, 5) is 0. The number of benzene rings is 2. The average Bonchev–Trinajstić information content (AvgIpc) is 2.60. The van der Waals surface area contributed by atoms with Crippen LogP contribution in [0.15, 0.2) is 48.5 Å². The third-order valence-corrected chi connectivity index (χ3v) is 9.61. The lowest BCUT2D eigenvalue weighted by Gasteiger charge is -2.48. The van der Waals surface area contributed by atoms with E-state index in [1.165, 1.54) is 0 Å². The van der Waals surface area contributed by atoms with Gasteiger partial charge in [-0.1, -0.05) is 41.5 Å². The van der Waals surface area contributed by atoms with Crippen LogP contribution in [0, 0.1) is 0 Å². The summed E-state index contributed by atoms with van der Waals surface area (Å²) in [5.41, 5.74) is 0. The summed E-state index contributed by atoms with van der Waals surface area (Å²) in [6.45, 7) is 13.2. The molecule has 2 aromatic carbocycles. The second-order valence-corrected chi connectivity index (χ2v) is 13.3. The van der Waals surface area contributed by atoms with Crippen molar-refractivity contribution >= 4 is 8.56 Å². The first kappa shape index (κ1) is 21.2. The molecule has 0 bridgehead atoms. The zero-order valence-electron chi connectivity index (χ0n) is 17.8. The number of hydrogen-bond donors (Lipinski definition) is 0. The molecule has 0 spiro atoms. The maximum absolute atomic E-state index is 6.72. The van der Waals surface area contributed by atoms with Gasteiger partial charge in [0.05, 0.1) is 14.2 Å². The normalized spacial score (nSPS) is 12.4. The first-order valence-corrected chi connectivity index (χ1v) is 11.0. The van der Waals surface area contributed by atoms with E-state index in [1.807, 2.05) is 48.5 Å². The number of ether oxygens (including phenoxy) is 2. The molecule has 0 saturated carbocycles. The molecule has 0 saturated heterocycles. The molecule has 0 radical (unpaired) electrons. The molecule has 148 valence electrons. The second kappa shape index (κ2) is 7.85. The van der Waals surface area contributed by atoms with Gasteiger partial charge in [-0.3, -0.25) is 0 Å². The van der Waals surface area contributed by atoms with Gasteiger partial charge in [-0.05, 0) is 48.5 Å². The predicted octanol–water partition coefficient (Wildman–Crippen LogP) is 6.20. The highest BCUT2D eigenvalue weighted by Gasteiger charge is 2.62. The molecular weight excluding hydrogens is 356 g/mol. The minimum atomic E-state index is -2.82. The molecule has 2 aromatic rings. The Morgan fingerprint density at radius 1 is 0.519 bits per heavy atom. The summed E-state index contributed by atoms with van der Waals surface area (Å²) in [5.74, 6) is 3.19. The highest BCUT2D eigenvalue weighted by Crippen LogP contribution is 2.52. The van der Waals surface area contributed by atoms with Crippen molar-refractivity contribution in [2.75, 3.05) is 14.2 Å². The van der Waals surface area contributed by atoms with Crippen molar-refractivity contribution in [3.63, 3.8) is 0 Å². The van der Waals surface area contributed by atoms with E-state index in [0.717, 1.165) is 23.0 Å². The van der Waals surface area contributed by atoms with Gasteiger partial charge >= 0.3 is 8.56 Å². The third kappa shape index (κ3) is 4.59. The lowest BCUT2D eigenvalue weighted by molar-refractivity contribution is 0.294. The molecule has 0 aliphatic rings. The Morgan fingerprint density at radius 2 is 0.778 bits per heavy atom. The van der Waals surface area contributed by atoms with Gasteiger partial charge in [-0.15, -0.1) is 0 Å². The summed E-state index contributed by atoms with van der Waals surface area (Å²) in [7, 11) is 0.500. The van der Waals surface area contributed by atoms with Crippen LogP contribution in [0.1, 0.15) is 41.5 Å². The van der Waals surface area contributed by atoms with Gasteiger partial charge in [0.25, 0.3) is 0 Å². The highest BCUT2D eigenvalue weighted by atomic mass is 28.4. The zero-order chi connectivity index (χ0) is 20.3. The standard InChI is InChI=1S/C22H32O4Si/c1-21(2,3)27(22(4,5)6,25-19-13-9-17(23-7)10-14-19)26-20-15-11-18(24-8)12-16-20/h9-16H,1-8H3. The Balaban J connectivity index is 2.48. The lowest BCUT2D eigenvalue weighted by atomic mass is 10.2. The van der Waals surface area contributed by atoms with Crippen LogP contribution in [-0.2, 0) is 0 Å². The van der Waals surface area contributed by atoms with Crippen LogP contribution in [0.2, 0.25) is 10.1 Å². The van der Waals surface area contributed by atoms with Crippen LogP contribution >= 0.6 is 0 Å². The van der Waals surface area contributed by atoms with Crippen molar-refractivity contribution in [1.82, 2.24) is 0 Å². The fourth-order valence-corrected chi connectivity index (χ4v) is 7.83. The van der Waals surface area contributed by atoms with Crippen molar-refractivity contribution < 1.29 is 18.3 Å². The van der Waals surface area contributed by atoms with Crippen molar-refractivity contribution in [2.45, 2.75) is 51.6 Å². The Hall–Kier alpha value is -2.14. The molecule has 0 atom stereocenters. The van der Waals surface area contributed by atoms with Gasteiger partial charge in [-0.2, -0.15) is 0 Å². The highest BCUT2D eigenvalue weighted by molar-refractivity contribution is 6.74. The van der Waals surface area contributed by atoms with E-state index in [9.17, 15) is 0 Å². The predicted molar refractivity (Wildman–Crippen MR) is 112 cm³/mol. The number of hydrogen-bond acceptors (Lipinski definition) is 4. The van der Waals surface area contributed by atoms with Crippen molar-refractivity contribution in [2.24, 2.45) is 0 Å². The average molecular weight is 389 g/mol. The summed E-state index contributed by atoms with van der Waals surface area (Å²) in [6, 6.07) is 15.4. The maximum Gasteiger partial charge on any atom is 0.471 e. The Labute approximate surface area is 164 Å². The van der Waals surface area contributed by atoms with Gasteiger partial charge in [0.1, 0.15) is 23.0 Å². The zero-order valence-corrected chi connectivity index (χ0v) is 18.8. The molecule has 0 aliphatic carbocycles. The van der Waals surface area contributed by atoms with E-state index < -0.39 is 8.56 Å². The molecule has 0 aliphatic heterocycles. The number of rotatable bonds is 6. The van der Waals surface area contributed by atoms with Crippen molar-refractivity contribution in [1.29, 1.82) is 0 Å². The van der Waals surface area contributed by atoms with Gasteiger partial charge in [-0.25, -0.2) is 0 Å². The van der Waals surface area contributed by atoms with Crippen LogP contribution in [0.5, 0.6) is 23.0 Å². The van der Waals surface area contributed by atoms with Crippen LogP contribution in [0.3, 0.4) is 0 Å². The summed E-state index contributed by atoms with van der Waals surface area (Å²) < 4.78 is 24.0. The minimum Gasteiger partial charge on any atom is -0.511 e. The Kier molecular flexibility index (Phi) is 6.15. The Bertz CT molecular complexity index is 659. The van der Waals surface area contributed by atoms with E-state index in [1.54, 1.807) is 14.2 Å². The minimum absolute atomic E-state index is 0.175. The fraction of sp³-hybridized carbons (Fsp3) is 0.455. The molecule has 0 heterocycles. The molecule has 5 heteroatoms. The largest absolute Gasteiger partial charge is 0.511 e. The van der Waals surface area contributed by atoms with E-state index in [2.05, 4.69) is 41.5 Å². The van der Waals surface area contributed by atoms with Gasteiger partial charge in [0, 0.05) is 10.1 Å². The van der Waals surface area contributed by atoms with Gasteiger partial charge in [0.15, 0.2) is 0 Å². The molecule has 27 heavy (non-hydrogen) atoms. The molecule has 4 nitrogen and oxygen atoms in total. The van der Waals surface area contributed by atoms with Crippen LogP contribution < -0.4 is 18.3 Å². The summed E-state index contributed by atoms with van der Waals surface area (Å²) in [5, 5.41) is -0.351. The molecule has 0 fully saturated rings. The van der Waals surface area contributed by atoms with Gasteiger partial charge < -0.3 is 18.3 Å². The third-order valence-electron chi connectivity index (χ3n) is 4.62. The molecule has 0 aromatic heterocycles. The van der Waals surface area contributed by atoms with Crippen LogP contribution in [-0.4, -0.2) is 22.8 Å². The summed E-state index contributed by atoms with van der Waals surface area (Å²) >= 11 is 0. The van der Waals surface area contributed by atoms with E-state index in [0.29, 0.717) is 0 Å². The fourth-order valence-electron chi connectivity index (χ4n) is 3.38. The molecule has 0 N–H and O–H groups in total. The lowest BCUT2D eigenvalue weighted by Crippen LogP contribution is -2.62. The topological polar surface area (TPSA) is 36.9 Å².